The standard InChI is InChI=1S/C14H24N4O2/c1-18-7-8-19-11(9-18)13-16-14(20-17-13)12(15)10-5-3-2-4-6-10/h10-12H,2-9,15H2,1H3. The molecule has 0 spiro atoms. The van der Waals surface area contributed by atoms with Crippen LogP contribution in [0.15, 0.2) is 4.52 Å². The summed E-state index contributed by atoms with van der Waals surface area (Å²) in [4.78, 5) is 6.70. The maximum absolute atomic E-state index is 6.29. The minimum Gasteiger partial charge on any atom is -0.367 e. The van der Waals surface area contributed by atoms with Crippen molar-refractivity contribution in [2.24, 2.45) is 11.7 Å². The highest BCUT2D eigenvalue weighted by molar-refractivity contribution is 4.98. The van der Waals surface area contributed by atoms with Crippen LogP contribution in [-0.4, -0.2) is 41.8 Å². The summed E-state index contributed by atoms with van der Waals surface area (Å²) in [7, 11) is 2.07. The van der Waals surface area contributed by atoms with E-state index in [0.29, 0.717) is 24.2 Å². The van der Waals surface area contributed by atoms with E-state index in [0.717, 1.165) is 13.1 Å². The van der Waals surface area contributed by atoms with Crippen molar-refractivity contribution in [2.75, 3.05) is 26.7 Å². The van der Waals surface area contributed by atoms with E-state index >= 15 is 0 Å². The molecule has 1 saturated carbocycles. The van der Waals surface area contributed by atoms with Crippen LogP contribution in [-0.2, 0) is 4.74 Å². The fourth-order valence-corrected chi connectivity index (χ4v) is 3.14. The van der Waals surface area contributed by atoms with Gasteiger partial charge in [0.05, 0.1) is 12.6 Å². The van der Waals surface area contributed by atoms with Crippen molar-refractivity contribution in [3.05, 3.63) is 11.7 Å². The predicted molar refractivity (Wildman–Crippen MR) is 74.0 cm³/mol. The van der Waals surface area contributed by atoms with E-state index in [1.807, 2.05) is 0 Å². The van der Waals surface area contributed by atoms with Gasteiger partial charge in [0.2, 0.25) is 11.7 Å². The number of nitrogens with two attached hydrogens (primary N) is 1. The lowest BCUT2D eigenvalue weighted by Crippen LogP contribution is -2.35. The highest BCUT2D eigenvalue weighted by Crippen LogP contribution is 2.32. The number of ether oxygens (including phenoxy) is 1. The third-order valence-corrected chi connectivity index (χ3v) is 4.46. The third kappa shape index (κ3) is 3.02. The molecular weight excluding hydrogens is 256 g/mol. The van der Waals surface area contributed by atoms with Gasteiger partial charge in [0.15, 0.2) is 0 Å². The lowest BCUT2D eigenvalue weighted by Gasteiger charge is -2.28. The van der Waals surface area contributed by atoms with Gasteiger partial charge in [0.1, 0.15) is 6.10 Å². The number of aromatic nitrogens is 2. The topological polar surface area (TPSA) is 77.4 Å². The average Bonchev–Trinajstić information content (AvgIpc) is 2.97. The summed E-state index contributed by atoms with van der Waals surface area (Å²) in [5.41, 5.74) is 6.29. The molecule has 2 N–H and O–H groups in total. The summed E-state index contributed by atoms with van der Waals surface area (Å²) < 4.78 is 11.1. The zero-order valence-electron chi connectivity index (χ0n) is 12.1. The molecule has 1 aliphatic carbocycles. The molecule has 1 aliphatic heterocycles. The van der Waals surface area contributed by atoms with Crippen LogP contribution in [0.1, 0.15) is 56.0 Å². The van der Waals surface area contributed by atoms with Gasteiger partial charge in [-0.3, -0.25) is 0 Å². The molecule has 2 fully saturated rings. The fraction of sp³-hybridized carbons (Fsp3) is 0.857. The molecular formula is C14H24N4O2. The normalized spacial score (nSPS) is 27.6. The molecule has 0 bridgehead atoms. The number of hydrogen-bond acceptors (Lipinski definition) is 6. The number of nitrogens with zero attached hydrogens (tertiary/aromatic N) is 3. The molecule has 3 rings (SSSR count). The van der Waals surface area contributed by atoms with Crippen LogP contribution < -0.4 is 5.73 Å². The van der Waals surface area contributed by atoms with Gasteiger partial charge in [-0.05, 0) is 25.8 Å². The first-order valence-electron chi connectivity index (χ1n) is 7.63. The Balaban J connectivity index is 1.66. The van der Waals surface area contributed by atoms with Crippen molar-refractivity contribution >= 4 is 0 Å². The SMILES string of the molecule is CN1CCOC(c2noc(C(N)C3CCCCC3)n2)C1. The van der Waals surface area contributed by atoms with E-state index in [9.17, 15) is 0 Å². The second kappa shape index (κ2) is 6.20. The first-order chi connectivity index (χ1) is 9.74. The van der Waals surface area contributed by atoms with Gasteiger partial charge in [-0.15, -0.1) is 0 Å². The maximum atomic E-state index is 6.29. The van der Waals surface area contributed by atoms with Crippen LogP contribution in [0.4, 0.5) is 0 Å². The molecule has 6 heteroatoms. The fourth-order valence-electron chi connectivity index (χ4n) is 3.14. The quantitative estimate of drug-likeness (QED) is 0.907. The molecule has 1 aromatic heterocycles. The molecule has 1 saturated heterocycles. The Kier molecular flexibility index (Phi) is 4.33. The van der Waals surface area contributed by atoms with Gasteiger partial charge in [-0.25, -0.2) is 0 Å². The van der Waals surface area contributed by atoms with Crippen molar-refractivity contribution in [1.29, 1.82) is 0 Å². The molecule has 0 amide bonds. The van der Waals surface area contributed by atoms with Crippen LogP contribution in [0.5, 0.6) is 0 Å². The van der Waals surface area contributed by atoms with Gasteiger partial charge in [-0.2, -0.15) is 4.98 Å². The largest absolute Gasteiger partial charge is 0.367 e. The molecule has 1 aromatic rings. The lowest BCUT2D eigenvalue weighted by atomic mass is 9.84. The Labute approximate surface area is 119 Å². The molecule has 20 heavy (non-hydrogen) atoms. The van der Waals surface area contributed by atoms with E-state index in [2.05, 4.69) is 22.1 Å². The lowest BCUT2D eigenvalue weighted by molar-refractivity contribution is -0.0264. The van der Waals surface area contributed by atoms with E-state index < -0.39 is 0 Å². The van der Waals surface area contributed by atoms with Crippen molar-refractivity contribution in [2.45, 2.75) is 44.2 Å². The van der Waals surface area contributed by atoms with Crippen molar-refractivity contribution in [3.8, 4) is 0 Å². The molecule has 2 atom stereocenters. The van der Waals surface area contributed by atoms with Crippen LogP contribution in [0.25, 0.3) is 0 Å². The Bertz CT molecular complexity index is 431. The minimum absolute atomic E-state index is 0.0928. The molecule has 2 unspecified atom stereocenters. The highest BCUT2D eigenvalue weighted by atomic mass is 16.5. The number of hydrogen-bond donors (Lipinski definition) is 1. The summed E-state index contributed by atoms with van der Waals surface area (Å²) >= 11 is 0. The monoisotopic (exact) mass is 280 g/mol. The summed E-state index contributed by atoms with van der Waals surface area (Å²) in [6.45, 7) is 2.46. The van der Waals surface area contributed by atoms with Gasteiger partial charge >= 0.3 is 0 Å². The highest BCUT2D eigenvalue weighted by Gasteiger charge is 2.29. The molecule has 2 aliphatic rings. The predicted octanol–water partition coefficient (Wildman–Crippen LogP) is 1.65. The number of likely N-dealkylation sites (N-methyl/N-ethyl adjacent to an activating group) is 1. The Morgan fingerprint density at radius 1 is 1.30 bits per heavy atom. The van der Waals surface area contributed by atoms with E-state index in [-0.39, 0.29) is 12.1 Å². The van der Waals surface area contributed by atoms with Gasteiger partial charge in [-0.1, -0.05) is 24.4 Å². The maximum Gasteiger partial charge on any atom is 0.243 e. The number of rotatable bonds is 3. The first-order valence-corrected chi connectivity index (χ1v) is 7.63. The summed E-state index contributed by atoms with van der Waals surface area (Å²) in [6.07, 6.45) is 6.08. The van der Waals surface area contributed by atoms with Crippen LogP contribution in [0, 0.1) is 5.92 Å². The molecule has 112 valence electrons. The summed E-state index contributed by atoms with van der Waals surface area (Å²) in [5.74, 6) is 1.69. The van der Waals surface area contributed by atoms with Crippen LogP contribution in [0.3, 0.4) is 0 Å². The first kappa shape index (κ1) is 14.0. The van der Waals surface area contributed by atoms with E-state index in [1.54, 1.807) is 0 Å². The molecule has 0 aromatic carbocycles. The third-order valence-electron chi connectivity index (χ3n) is 4.46. The molecule has 0 radical (unpaired) electrons. The van der Waals surface area contributed by atoms with Gasteiger partial charge in [0.25, 0.3) is 0 Å². The summed E-state index contributed by atoms with van der Waals surface area (Å²) in [6, 6.07) is -0.127. The Morgan fingerprint density at radius 3 is 2.85 bits per heavy atom. The van der Waals surface area contributed by atoms with E-state index in [1.165, 1.54) is 32.1 Å². The summed E-state index contributed by atoms with van der Waals surface area (Å²) in [5, 5.41) is 4.07. The Hall–Kier alpha value is -0.980. The number of morpholine rings is 1. The van der Waals surface area contributed by atoms with Crippen molar-refractivity contribution in [1.82, 2.24) is 15.0 Å². The second-order valence-corrected chi connectivity index (χ2v) is 6.04. The molecule has 6 nitrogen and oxygen atoms in total. The van der Waals surface area contributed by atoms with Crippen LogP contribution >= 0.6 is 0 Å². The van der Waals surface area contributed by atoms with Crippen LogP contribution in [0.2, 0.25) is 0 Å². The minimum atomic E-state index is -0.127. The smallest absolute Gasteiger partial charge is 0.243 e. The van der Waals surface area contributed by atoms with Gasteiger partial charge in [0, 0.05) is 13.1 Å². The van der Waals surface area contributed by atoms with Crippen molar-refractivity contribution in [3.63, 3.8) is 0 Å². The Morgan fingerprint density at radius 2 is 2.10 bits per heavy atom. The second-order valence-electron chi connectivity index (χ2n) is 6.04. The molecule has 2 heterocycles. The zero-order valence-corrected chi connectivity index (χ0v) is 12.1. The zero-order chi connectivity index (χ0) is 13.9. The van der Waals surface area contributed by atoms with Crippen molar-refractivity contribution < 1.29 is 9.26 Å². The van der Waals surface area contributed by atoms with E-state index in [4.69, 9.17) is 15.0 Å². The van der Waals surface area contributed by atoms with Gasteiger partial charge < -0.3 is 19.9 Å². The average molecular weight is 280 g/mol.